The highest BCUT2D eigenvalue weighted by molar-refractivity contribution is 14.1. The van der Waals surface area contributed by atoms with Crippen LogP contribution < -0.4 is 5.73 Å². The number of hydrogen-bond donors (Lipinski definition) is 2. The molecule has 1 atom stereocenters. The topological polar surface area (TPSA) is 106 Å². The maximum Gasteiger partial charge on any atom is 0.267 e. The Morgan fingerprint density at radius 3 is 2.86 bits per heavy atom. The molecule has 0 aliphatic carbocycles. The lowest BCUT2D eigenvalue weighted by atomic mass is 10.0. The lowest BCUT2D eigenvalue weighted by Crippen LogP contribution is -2.37. The summed E-state index contributed by atoms with van der Waals surface area (Å²) >= 11 is 1.78. The number of nitrogens with zero attached hydrogens (tertiary/aromatic N) is 2. The van der Waals surface area contributed by atoms with Crippen molar-refractivity contribution < 1.29 is 17.8 Å². The fourth-order valence-electron chi connectivity index (χ4n) is 2.91. The zero-order valence-corrected chi connectivity index (χ0v) is 17.3. The van der Waals surface area contributed by atoms with E-state index in [1.807, 2.05) is 6.07 Å². The molecule has 0 unspecified atom stereocenters. The largest absolute Gasteiger partial charge is 0.369 e. The SMILES string of the molecule is CN1CC[C@@](O)(C#Cc2cccc(-c3cc(COI)cc(C(N)=O)n3)c2)C1=O. The van der Waals surface area contributed by atoms with E-state index in [1.165, 1.54) is 4.90 Å². The Hall–Kier alpha value is -2.48. The summed E-state index contributed by atoms with van der Waals surface area (Å²) in [5.74, 6) is 4.55. The molecule has 0 spiro atoms. The first-order valence-corrected chi connectivity index (χ1v) is 9.36. The van der Waals surface area contributed by atoms with Crippen molar-refractivity contribution in [3.63, 3.8) is 0 Å². The minimum absolute atomic E-state index is 0.145. The zero-order chi connectivity index (χ0) is 20.3. The number of carbonyl (C=O) groups excluding carboxylic acids is 2. The molecule has 2 aromatic rings. The smallest absolute Gasteiger partial charge is 0.267 e. The van der Waals surface area contributed by atoms with Crippen molar-refractivity contribution >= 4 is 34.8 Å². The summed E-state index contributed by atoms with van der Waals surface area (Å²) in [6.07, 6.45) is 0.275. The Morgan fingerprint density at radius 2 is 2.21 bits per heavy atom. The van der Waals surface area contributed by atoms with Crippen LogP contribution in [0.15, 0.2) is 36.4 Å². The quantitative estimate of drug-likeness (QED) is 0.500. The van der Waals surface area contributed by atoms with E-state index in [-0.39, 0.29) is 12.1 Å². The van der Waals surface area contributed by atoms with Crippen molar-refractivity contribution in [3.8, 4) is 23.1 Å². The molecular formula is C20H18IN3O4. The van der Waals surface area contributed by atoms with Gasteiger partial charge in [-0.15, -0.1) is 0 Å². The highest BCUT2D eigenvalue weighted by Gasteiger charge is 2.42. The number of benzene rings is 1. The molecular weight excluding hydrogens is 473 g/mol. The van der Waals surface area contributed by atoms with Gasteiger partial charge in [-0.3, -0.25) is 9.59 Å². The van der Waals surface area contributed by atoms with Gasteiger partial charge in [-0.05, 0) is 29.8 Å². The molecule has 8 heteroatoms. The Morgan fingerprint density at radius 1 is 1.43 bits per heavy atom. The fraction of sp³-hybridized carbons (Fsp3) is 0.250. The fourth-order valence-corrected chi connectivity index (χ4v) is 3.27. The highest BCUT2D eigenvalue weighted by atomic mass is 127. The van der Waals surface area contributed by atoms with Crippen molar-refractivity contribution in [2.45, 2.75) is 18.6 Å². The van der Waals surface area contributed by atoms with Crippen LogP contribution in [0.1, 0.15) is 28.0 Å². The van der Waals surface area contributed by atoms with Gasteiger partial charge in [-0.1, -0.05) is 24.0 Å². The molecule has 28 heavy (non-hydrogen) atoms. The number of pyridine rings is 1. The molecule has 2 amide bonds. The molecule has 1 aromatic carbocycles. The van der Waals surface area contributed by atoms with Crippen LogP contribution in [0.5, 0.6) is 0 Å². The van der Waals surface area contributed by atoms with Crippen LogP contribution in [0.25, 0.3) is 11.3 Å². The summed E-state index contributed by atoms with van der Waals surface area (Å²) in [4.78, 5) is 29.4. The average Bonchev–Trinajstić information content (AvgIpc) is 2.95. The molecule has 0 saturated carbocycles. The van der Waals surface area contributed by atoms with Crippen LogP contribution in [0.4, 0.5) is 0 Å². The van der Waals surface area contributed by atoms with Crippen LogP contribution >= 0.6 is 23.0 Å². The van der Waals surface area contributed by atoms with E-state index >= 15 is 0 Å². The van der Waals surface area contributed by atoms with Crippen molar-refractivity contribution in [3.05, 3.63) is 53.2 Å². The Kier molecular flexibility index (Phi) is 5.98. The number of likely N-dealkylation sites (N-methyl/N-ethyl adjacent to an activating group) is 1. The molecule has 0 radical (unpaired) electrons. The Labute approximate surface area is 176 Å². The average molecular weight is 491 g/mol. The summed E-state index contributed by atoms with van der Waals surface area (Å²) in [6, 6.07) is 10.6. The lowest BCUT2D eigenvalue weighted by molar-refractivity contribution is -0.137. The van der Waals surface area contributed by atoms with Gasteiger partial charge in [0.2, 0.25) is 5.60 Å². The van der Waals surface area contributed by atoms with E-state index in [0.29, 0.717) is 24.4 Å². The van der Waals surface area contributed by atoms with Crippen molar-refractivity contribution in [1.29, 1.82) is 0 Å². The van der Waals surface area contributed by atoms with Gasteiger partial charge in [0.1, 0.15) is 28.7 Å². The molecule has 1 aliphatic rings. The maximum absolute atomic E-state index is 12.0. The first-order chi connectivity index (χ1) is 13.3. The second-order valence-electron chi connectivity index (χ2n) is 6.53. The van der Waals surface area contributed by atoms with E-state index in [0.717, 1.165) is 11.1 Å². The second-order valence-corrected chi connectivity index (χ2v) is 7.15. The summed E-state index contributed by atoms with van der Waals surface area (Å²) in [6.45, 7) is 0.772. The van der Waals surface area contributed by atoms with Gasteiger partial charge in [0.25, 0.3) is 11.8 Å². The molecule has 3 rings (SSSR count). The van der Waals surface area contributed by atoms with Gasteiger partial charge in [0, 0.05) is 31.1 Å². The standard InChI is InChI=1S/C20H18IN3O4/c1-24-8-7-20(27,19(24)26)6-5-13-3-2-4-15(9-13)16-10-14(12-28-21)11-17(23-16)18(22)25/h2-4,9-11,27H,7-8,12H2,1H3,(H2,22,25)/t20-/m0/s1. The van der Waals surface area contributed by atoms with E-state index in [2.05, 4.69) is 16.8 Å². The van der Waals surface area contributed by atoms with Crippen LogP contribution in [0.3, 0.4) is 0 Å². The molecule has 1 fully saturated rings. The molecule has 0 bridgehead atoms. The van der Waals surface area contributed by atoms with Gasteiger partial charge < -0.3 is 18.8 Å². The van der Waals surface area contributed by atoms with E-state index < -0.39 is 17.4 Å². The minimum atomic E-state index is -1.65. The van der Waals surface area contributed by atoms with Crippen LogP contribution in [0.2, 0.25) is 0 Å². The molecule has 1 aromatic heterocycles. The van der Waals surface area contributed by atoms with Crippen LogP contribution in [-0.2, 0) is 14.5 Å². The number of nitrogens with two attached hydrogens (primary N) is 1. The number of hydrogen-bond acceptors (Lipinski definition) is 5. The molecule has 7 nitrogen and oxygen atoms in total. The van der Waals surface area contributed by atoms with Crippen LogP contribution in [0, 0.1) is 11.8 Å². The highest BCUT2D eigenvalue weighted by Crippen LogP contribution is 2.23. The van der Waals surface area contributed by atoms with Gasteiger partial charge >= 0.3 is 0 Å². The number of aromatic nitrogens is 1. The van der Waals surface area contributed by atoms with Gasteiger partial charge in [-0.2, -0.15) is 0 Å². The van der Waals surface area contributed by atoms with Crippen molar-refractivity contribution in [2.24, 2.45) is 5.73 Å². The summed E-state index contributed by atoms with van der Waals surface area (Å²) in [5, 5.41) is 10.4. The predicted molar refractivity (Wildman–Crippen MR) is 111 cm³/mol. The Balaban J connectivity index is 1.96. The number of amides is 2. The third-order valence-corrected chi connectivity index (χ3v) is 4.75. The number of aliphatic hydroxyl groups is 1. The molecule has 2 heterocycles. The zero-order valence-electron chi connectivity index (χ0n) is 15.1. The molecule has 1 saturated heterocycles. The summed E-state index contributed by atoms with van der Waals surface area (Å²) < 4.78 is 5.11. The van der Waals surface area contributed by atoms with E-state index in [9.17, 15) is 14.7 Å². The monoisotopic (exact) mass is 491 g/mol. The van der Waals surface area contributed by atoms with Crippen molar-refractivity contribution in [2.75, 3.05) is 13.6 Å². The number of halogens is 1. The first kappa shape index (κ1) is 20.3. The van der Waals surface area contributed by atoms with E-state index in [4.69, 9.17) is 8.80 Å². The molecule has 3 N–H and O–H groups in total. The van der Waals surface area contributed by atoms with E-state index in [1.54, 1.807) is 60.4 Å². The Bertz CT molecular complexity index is 998. The third-order valence-electron chi connectivity index (χ3n) is 4.44. The second kappa shape index (κ2) is 8.26. The number of rotatable bonds is 4. The minimum Gasteiger partial charge on any atom is -0.369 e. The first-order valence-electron chi connectivity index (χ1n) is 8.48. The van der Waals surface area contributed by atoms with Gasteiger partial charge in [0.05, 0.1) is 12.3 Å². The predicted octanol–water partition coefficient (Wildman–Crippen LogP) is 1.66. The number of primary amides is 1. The molecule has 1 aliphatic heterocycles. The number of likely N-dealkylation sites (tertiary alicyclic amines) is 1. The lowest BCUT2D eigenvalue weighted by Gasteiger charge is -2.13. The van der Waals surface area contributed by atoms with Crippen LogP contribution in [-0.4, -0.2) is 46.0 Å². The summed E-state index contributed by atoms with van der Waals surface area (Å²) in [7, 11) is 1.64. The normalized spacial score (nSPS) is 18.7. The van der Waals surface area contributed by atoms with Crippen molar-refractivity contribution in [1.82, 2.24) is 9.88 Å². The van der Waals surface area contributed by atoms with Gasteiger partial charge in [-0.25, -0.2) is 4.98 Å². The van der Waals surface area contributed by atoms with Gasteiger partial charge in [0.15, 0.2) is 0 Å². The maximum atomic E-state index is 12.0. The number of carbonyl (C=O) groups is 2. The third kappa shape index (κ3) is 4.32. The molecule has 144 valence electrons. The summed E-state index contributed by atoms with van der Waals surface area (Å²) in [5.41, 5.74) is 6.54.